The van der Waals surface area contributed by atoms with Crippen LogP contribution in [0.3, 0.4) is 0 Å². The number of fused-ring (bicyclic) bond motifs is 1. The Hall–Kier alpha value is -1.68. The molecule has 0 aliphatic heterocycles. The lowest BCUT2D eigenvalue weighted by atomic mass is 10.1. The van der Waals surface area contributed by atoms with Gasteiger partial charge in [-0.05, 0) is 32.9 Å². The maximum absolute atomic E-state index is 9.65. The largest absolute Gasteiger partial charge is 0.387 e. The highest BCUT2D eigenvalue weighted by atomic mass is 16.3. The fraction of sp³-hybridized carbons (Fsp3) is 0.385. The number of aliphatic hydroxyl groups is 1. The predicted octanol–water partition coefficient (Wildman–Crippen LogP) is 2.50. The van der Waals surface area contributed by atoms with E-state index in [0.717, 1.165) is 10.8 Å². The van der Waals surface area contributed by atoms with Gasteiger partial charge in [0.1, 0.15) is 5.82 Å². The van der Waals surface area contributed by atoms with Crippen molar-refractivity contribution in [2.45, 2.75) is 32.9 Å². The van der Waals surface area contributed by atoms with Crippen LogP contribution in [0.1, 0.15) is 33.9 Å². The maximum atomic E-state index is 9.65. The minimum atomic E-state index is -0.627. The predicted molar refractivity (Wildman–Crippen MR) is 68.9 cm³/mol. The van der Waals surface area contributed by atoms with Crippen LogP contribution in [0.5, 0.6) is 0 Å². The summed E-state index contributed by atoms with van der Waals surface area (Å²) in [6.45, 7) is 5.72. The molecule has 90 valence electrons. The van der Waals surface area contributed by atoms with Crippen LogP contribution in [-0.4, -0.2) is 21.1 Å². The Morgan fingerprint density at radius 1 is 1.41 bits per heavy atom. The van der Waals surface area contributed by atoms with Gasteiger partial charge in [0.05, 0.1) is 13.2 Å². The van der Waals surface area contributed by atoms with Crippen LogP contribution in [0.15, 0.2) is 24.5 Å². The smallest absolute Gasteiger partial charge is 0.134 e. The summed E-state index contributed by atoms with van der Waals surface area (Å²) < 4.78 is 7.58. The molecule has 0 radical (unpaired) electrons. The molecule has 2 aromatic heterocycles. The highest BCUT2D eigenvalue weighted by Crippen LogP contribution is 2.24. The zero-order chi connectivity index (χ0) is 13.3. The summed E-state index contributed by atoms with van der Waals surface area (Å²) in [6, 6.07) is 3.71. The first-order valence-corrected chi connectivity index (χ1v) is 5.69. The monoisotopic (exact) mass is 232 g/mol. The van der Waals surface area contributed by atoms with Crippen LogP contribution in [0.25, 0.3) is 10.8 Å². The molecule has 0 amide bonds. The van der Waals surface area contributed by atoms with E-state index in [0.29, 0.717) is 11.5 Å². The molecule has 0 fully saturated rings. The maximum Gasteiger partial charge on any atom is 0.134 e. The number of anilines is 1. The van der Waals surface area contributed by atoms with E-state index in [4.69, 9.17) is 1.37 Å². The fourth-order valence-corrected chi connectivity index (χ4v) is 1.66. The first-order valence-electron chi connectivity index (χ1n) is 6.19. The normalized spacial score (nSPS) is 13.8. The average molecular weight is 232 g/mol. The van der Waals surface area contributed by atoms with E-state index in [1.54, 1.807) is 25.3 Å². The molecule has 2 heterocycles. The molecule has 0 spiro atoms. The zero-order valence-electron chi connectivity index (χ0n) is 11.2. The Bertz CT molecular complexity index is 569. The molecule has 0 unspecified atom stereocenters. The second-order valence-corrected chi connectivity index (χ2v) is 4.41. The van der Waals surface area contributed by atoms with Crippen molar-refractivity contribution in [3.8, 4) is 0 Å². The summed E-state index contributed by atoms with van der Waals surface area (Å²) in [5, 5.41) is 14.6. The first-order chi connectivity index (χ1) is 8.47. The highest BCUT2D eigenvalue weighted by molar-refractivity contribution is 5.91. The minimum absolute atomic E-state index is 0.209. The Balaban J connectivity index is 2.65. The van der Waals surface area contributed by atoms with E-state index in [2.05, 4.69) is 15.3 Å². The summed E-state index contributed by atoms with van der Waals surface area (Å²) in [5.74, 6) is 0.689. The molecular weight excluding hydrogens is 214 g/mol. The van der Waals surface area contributed by atoms with E-state index in [9.17, 15) is 5.11 Å². The van der Waals surface area contributed by atoms with Crippen molar-refractivity contribution in [1.29, 1.82) is 0 Å². The van der Waals surface area contributed by atoms with Gasteiger partial charge in [0.25, 0.3) is 0 Å². The zero-order valence-corrected chi connectivity index (χ0v) is 10.2. The number of aliphatic hydroxyl groups excluding tert-OH is 1. The van der Waals surface area contributed by atoms with Crippen molar-refractivity contribution in [2.75, 3.05) is 5.32 Å². The average Bonchev–Trinajstić information content (AvgIpc) is 2.28. The van der Waals surface area contributed by atoms with Gasteiger partial charge in [0.15, 0.2) is 0 Å². The molecule has 0 bridgehead atoms. The molecule has 0 aliphatic carbocycles. The van der Waals surface area contributed by atoms with Gasteiger partial charge in [-0.1, -0.05) is 0 Å². The van der Waals surface area contributed by atoms with E-state index < -0.39 is 6.10 Å². The van der Waals surface area contributed by atoms with E-state index in [1.165, 1.54) is 0 Å². The van der Waals surface area contributed by atoms with Gasteiger partial charge in [0, 0.05) is 29.2 Å². The van der Waals surface area contributed by atoms with E-state index >= 15 is 0 Å². The van der Waals surface area contributed by atoms with Crippen molar-refractivity contribution in [3.05, 3.63) is 30.2 Å². The molecular formula is C13H17N3O. The van der Waals surface area contributed by atoms with Crippen molar-refractivity contribution < 1.29 is 6.48 Å². The van der Waals surface area contributed by atoms with Crippen molar-refractivity contribution >= 4 is 16.6 Å². The van der Waals surface area contributed by atoms with Gasteiger partial charge >= 0.3 is 0 Å². The SMILES string of the molecule is [2H]c1cc2c(NC(C)C)nc([C@@H](C)O)cc2cn1. The third kappa shape index (κ3) is 2.53. The van der Waals surface area contributed by atoms with Crippen LogP contribution in [0.4, 0.5) is 5.82 Å². The van der Waals surface area contributed by atoms with E-state index in [1.807, 2.05) is 13.8 Å². The number of pyridine rings is 2. The van der Waals surface area contributed by atoms with Gasteiger partial charge in [-0.3, -0.25) is 4.98 Å². The number of nitrogens with zero attached hydrogens (tertiary/aromatic N) is 2. The summed E-state index contributed by atoms with van der Waals surface area (Å²) in [6.07, 6.45) is 1.22. The van der Waals surface area contributed by atoms with Gasteiger partial charge in [-0.15, -0.1) is 0 Å². The molecule has 2 aromatic rings. The Kier molecular flexibility index (Phi) is 2.88. The number of aromatic nitrogens is 2. The van der Waals surface area contributed by atoms with Crippen LogP contribution in [0, 0.1) is 0 Å². The molecule has 2 N–H and O–H groups in total. The number of hydrogen-bond acceptors (Lipinski definition) is 4. The first kappa shape index (κ1) is 10.5. The van der Waals surface area contributed by atoms with Gasteiger partial charge in [0.2, 0.25) is 0 Å². The molecule has 1 atom stereocenters. The molecule has 0 aliphatic rings. The van der Waals surface area contributed by atoms with Crippen LogP contribution >= 0.6 is 0 Å². The summed E-state index contributed by atoms with van der Waals surface area (Å²) in [5.41, 5.74) is 0.602. The molecule has 0 aromatic carbocycles. The molecule has 4 heteroatoms. The summed E-state index contributed by atoms with van der Waals surface area (Å²) in [4.78, 5) is 8.37. The molecule has 4 nitrogen and oxygen atoms in total. The van der Waals surface area contributed by atoms with Gasteiger partial charge in [-0.2, -0.15) is 0 Å². The second-order valence-electron chi connectivity index (χ2n) is 4.41. The second kappa shape index (κ2) is 4.67. The number of rotatable bonds is 3. The molecule has 0 saturated heterocycles. The topological polar surface area (TPSA) is 58.0 Å². The molecule has 2 rings (SSSR count). The molecule has 0 saturated carbocycles. The fourth-order valence-electron chi connectivity index (χ4n) is 1.66. The number of nitrogens with one attached hydrogen (secondary N) is 1. The van der Waals surface area contributed by atoms with Crippen LogP contribution in [0.2, 0.25) is 0 Å². The van der Waals surface area contributed by atoms with Crippen molar-refractivity contribution in [3.63, 3.8) is 0 Å². The highest BCUT2D eigenvalue weighted by Gasteiger charge is 2.10. The third-order valence-electron chi connectivity index (χ3n) is 2.45. The lowest BCUT2D eigenvalue weighted by molar-refractivity contribution is 0.194. The standard InChI is InChI=1S/C13H17N3O/c1-8(2)15-13-11-4-5-14-7-10(11)6-12(16-13)9(3)17/h4-9,17H,1-3H3,(H,15,16)/t9-/m1/s1/i5D. The summed E-state index contributed by atoms with van der Waals surface area (Å²) in [7, 11) is 0. The Morgan fingerprint density at radius 2 is 2.18 bits per heavy atom. The lowest BCUT2D eigenvalue weighted by Gasteiger charge is -2.14. The summed E-state index contributed by atoms with van der Waals surface area (Å²) >= 11 is 0. The number of hydrogen-bond donors (Lipinski definition) is 2. The quantitative estimate of drug-likeness (QED) is 0.853. The Labute approximate surface area is 102 Å². The lowest BCUT2D eigenvalue weighted by Crippen LogP contribution is -2.12. The van der Waals surface area contributed by atoms with Crippen molar-refractivity contribution in [2.24, 2.45) is 0 Å². The van der Waals surface area contributed by atoms with E-state index in [-0.39, 0.29) is 12.2 Å². The van der Waals surface area contributed by atoms with Crippen LogP contribution < -0.4 is 5.32 Å². The minimum Gasteiger partial charge on any atom is -0.387 e. The van der Waals surface area contributed by atoms with Crippen molar-refractivity contribution in [1.82, 2.24) is 9.97 Å². The van der Waals surface area contributed by atoms with Crippen LogP contribution in [-0.2, 0) is 0 Å². The van der Waals surface area contributed by atoms with Gasteiger partial charge in [-0.25, -0.2) is 4.98 Å². The van der Waals surface area contributed by atoms with Gasteiger partial charge < -0.3 is 10.4 Å². The Morgan fingerprint density at radius 3 is 2.82 bits per heavy atom. The molecule has 17 heavy (non-hydrogen) atoms. The third-order valence-corrected chi connectivity index (χ3v) is 2.45.